The van der Waals surface area contributed by atoms with E-state index in [2.05, 4.69) is 0 Å². The van der Waals surface area contributed by atoms with Crippen LogP contribution in [0.25, 0.3) is 0 Å². The van der Waals surface area contributed by atoms with Crippen LogP contribution in [0, 0.1) is 5.82 Å². The van der Waals surface area contributed by atoms with Crippen molar-refractivity contribution in [3.63, 3.8) is 0 Å². The molecular weight excluding hydrogens is 219 g/mol. The topological polar surface area (TPSA) is 37.3 Å². The Morgan fingerprint density at radius 1 is 1.53 bits per heavy atom. The summed E-state index contributed by atoms with van der Waals surface area (Å²) in [5.41, 5.74) is 1.29. The molecule has 4 heteroatoms. The fraction of sp³-hybridized carbons (Fsp3) is 0.364. The van der Waals surface area contributed by atoms with Gasteiger partial charge in [0.15, 0.2) is 0 Å². The summed E-state index contributed by atoms with van der Waals surface area (Å²) in [4.78, 5) is 10.4. The Bertz CT molecular complexity index is 377. The van der Waals surface area contributed by atoms with Crippen LogP contribution in [0.1, 0.15) is 24.5 Å². The molecule has 0 unspecified atom stereocenters. The average Bonchev–Trinajstić information content (AvgIpc) is 2.19. The molecule has 0 aliphatic carbocycles. The van der Waals surface area contributed by atoms with E-state index in [1.54, 1.807) is 12.1 Å². The van der Waals surface area contributed by atoms with Gasteiger partial charge >= 0.3 is 5.97 Å². The van der Waals surface area contributed by atoms with Gasteiger partial charge in [0.1, 0.15) is 5.82 Å². The molecule has 0 heterocycles. The summed E-state index contributed by atoms with van der Waals surface area (Å²) in [6.07, 6.45) is 0.842. The first-order valence-corrected chi connectivity index (χ1v) is 5.11. The highest BCUT2D eigenvalue weighted by Gasteiger charge is 2.10. The zero-order chi connectivity index (χ0) is 11.4. The molecule has 1 aromatic rings. The molecule has 1 rings (SSSR count). The average molecular weight is 231 g/mol. The summed E-state index contributed by atoms with van der Waals surface area (Å²) in [6, 6.07) is 3.24. The number of carboxylic acid groups (broad SMARTS) is 1. The van der Waals surface area contributed by atoms with Gasteiger partial charge in [-0.05, 0) is 30.0 Å². The molecular formula is C11H12ClFO2. The molecule has 0 saturated carbocycles. The van der Waals surface area contributed by atoms with Crippen molar-refractivity contribution >= 4 is 17.6 Å². The third-order valence-electron chi connectivity index (χ3n) is 2.18. The highest BCUT2D eigenvalue weighted by Crippen LogP contribution is 2.22. The Balaban J connectivity index is 2.94. The molecule has 2 nitrogen and oxygen atoms in total. The van der Waals surface area contributed by atoms with Crippen LogP contribution in [0.5, 0.6) is 0 Å². The number of aliphatic carboxylic acids is 1. The molecule has 0 amide bonds. The second kappa shape index (κ2) is 5.12. The third-order valence-corrected chi connectivity index (χ3v) is 2.45. The Labute approximate surface area is 92.7 Å². The third kappa shape index (κ3) is 3.20. The van der Waals surface area contributed by atoms with Crippen molar-refractivity contribution < 1.29 is 14.3 Å². The van der Waals surface area contributed by atoms with E-state index in [0.717, 1.165) is 12.0 Å². The summed E-state index contributed by atoms with van der Waals surface area (Å²) in [5.74, 6) is -1.44. The second-order valence-corrected chi connectivity index (χ2v) is 3.71. The molecule has 0 bridgehead atoms. The Kier molecular flexibility index (Phi) is 4.09. The first-order chi connectivity index (χ1) is 7.04. The minimum atomic E-state index is -0.938. The summed E-state index contributed by atoms with van der Waals surface area (Å²) in [6.45, 7) is 1.94. The molecule has 0 aromatic heterocycles. The molecule has 0 aliphatic heterocycles. The number of halogens is 2. The zero-order valence-corrected chi connectivity index (χ0v) is 9.14. The van der Waals surface area contributed by atoms with Gasteiger partial charge < -0.3 is 5.11 Å². The Morgan fingerprint density at radius 2 is 2.20 bits per heavy atom. The summed E-state index contributed by atoms with van der Waals surface area (Å²) >= 11 is 5.69. The lowest BCUT2D eigenvalue weighted by molar-refractivity contribution is -0.136. The van der Waals surface area contributed by atoms with Gasteiger partial charge in [-0.1, -0.05) is 24.6 Å². The van der Waals surface area contributed by atoms with E-state index < -0.39 is 11.8 Å². The van der Waals surface area contributed by atoms with E-state index in [0.29, 0.717) is 5.56 Å². The van der Waals surface area contributed by atoms with E-state index in [1.165, 1.54) is 0 Å². The number of aryl methyl sites for hydroxylation is 2. The predicted octanol–water partition coefficient (Wildman–Crippen LogP) is 3.06. The molecule has 1 aromatic carbocycles. The fourth-order valence-corrected chi connectivity index (χ4v) is 1.60. The molecule has 15 heavy (non-hydrogen) atoms. The molecule has 0 fully saturated rings. The minimum Gasteiger partial charge on any atom is -0.481 e. The van der Waals surface area contributed by atoms with Crippen molar-refractivity contribution in [3.8, 4) is 0 Å². The highest BCUT2D eigenvalue weighted by molar-refractivity contribution is 6.30. The molecule has 0 spiro atoms. The van der Waals surface area contributed by atoms with Crippen LogP contribution in [0.15, 0.2) is 12.1 Å². The quantitative estimate of drug-likeness (QED) is 0.863. The number of rotatable bonds is 4. The highest BCUT2D eigenvalue weighted by atomic mass is 35.5. The first-order valence-electron chi connectivity index (χ1n) is 4.73. The van der Waals surface area contributed by atoms with Crippen LogP contribution in [0.4, 0.5) is 4.39 Å². The van der Waals surface area contributed by atoms with Crippen molar-refractivity contribution in [2.45, 2.75) is 26.2 Å². The monoisotopic (exact) mass is 230 g/mol. The van der Waals surface area contributed by atoms with Crippen LogP contribution in [-0.2, 0) is 17.6 Å². The minimum absolute atomic E-state index is 0.0646. The maximum atomic E-state index is 13.4. The smallest absolute Gasteiger partial charge is 0.303 e. The van der Waals surface area contributed by atoms with E-state index in [4.69, 9.17) is 16.7 Å². The van der Waals surface area contributed by atoms with Gasteiger partial charge in [-0.2, -0.15) is 0 Å². The normalized spacial score (nSPS) is 10.3. The summed E-state index contributed by atoms with van der Waals surface area (Å²) < 4.78 is 13.4. The van der Waals surface area contributed by atoms with Crippen LogP contribution in [-0.4, -0.2) is 11.1 Å². The van der Waals surface area contributed by atoms with Gasteiger partial charge in [0.05, 0.1) is 5.02 Å². The van der Waals surface area contributed by atoms with Gasteiger partial charge in [-0.25, -0.2) is 4.39 Å². The number of hydrogen-bond donors (Lipinski definition) is 1. The van der Waals surface area contributed by atoms with Gasteiger partial charge in [0.2, 0.25) is 0 Å². The van der Waals surface area contributed by atoms with Crippen molar-refractivity contribution in [3.05, 3.63) is 34.1 Å². The Hall–Kier alpha value is -1.09. The largest absolute Gasteiger partial charge is 0.481 e. The van der Waals surface area contributed by atoms with Gasteiger partial charge in [0.25, 0.3) is 0 Å². The van der Waals surface area contributed by atoms with Crippen molar-refractivity contribution in [1.82, 2.24) is 0 Å². The van der Waals surface area contributed by atoms with Crippen molar-refractivity contribution in [2.24, 2.45) is 0 Å². The lowest BCUT2D eigenvalue weighted by Gasteiger charge is -2.06. The molecule has 82 valence electrons. The standard InChI is InChI=1S/C11H12ClFO2/c1-2-7-5-8(3-4-10(14)15)11(13)9(12)6-7/h5-6H,2-4H2,1H3,(H,14,15). The molecule has 0 aliphatic rings. The number of benzene rings is 1. The van der Waals surface area contributed by atoms with Crippen molar-refractivity contribution in [2.75, 3.05) is 0 Å². The molecule has 0 saturated heterocycles. The predicted molar refractivity (Wildman–Crippen MR) is 56.7 cm³/mol. The maximum Gasteiger partial charge on any atom is 0.303 e. The zero-order valence-electron chi connectivity index (χ0n) is 8.39. The fourth-order valence-electron chi connectivity index (χ4n) is 1.34. The van der Waals surface area contributed by atoms with Gasteiger partial charge in [0, 0.05) is 6.42 Å². The molecule has 0 radical (unpaired) electrons. The van der Waals surface area contributed by atoms with Crippen LogP contribution >= 0.6 is 11.6 Å². The molecule has 0 atom stereocenters. The van der Waals surface area contributed by atoms with E-state index in [9.17, 15) is 9.18 Å². The summed E-state index contributed by atoms with van der Waals surface area (Å²) in [5, 5.41) is 8.57. The van der Waals surface area contributed by atoms with Crippen LogP contribution in [0.3, 0.4) is 0 Å². The lowest BCUT2D eigenvalue weighted by atomic mass is 10.0. The maximum absolute atomic E-state index is 13.4. The molecule has 1 N–H and O–H groups in total. The number of carbonyl (C=O) groups is 1. The van der Waals surface area contributed by atoms with E-state index in [1.807, 2.05) is 6.92 Å². The number of hydrogen-bond acceptors (Lipinski definition) is 1. The Morgan fingerprint density at radius 3 is 2.73 bits per heavy atom. The number of carboxylic acids is 1. The van der Waals surface area contributed by atoms with E-state index >= 15 is 0 Å². The van der Waals surface area contributed by atoms with E-state index in [-0.39, 0.29) is 17.9 Å². The van der Waals surface area contributed by atoms with Gasteiger partial charge in [-0.15, -0.1) is 0 Å². The SMILES string of the molecule is CCc1cc(Cl)c(F)c(CCC(=O)O)c1. The van der Waals surface area contributed by atoms with Crippen molar-refractivity contribution in [1.29, 1.82) is 0 Å². The summed E-state index contributed by atoms with van der Waals surface area (Å²) in [7, 11) is 0. The lowest BCUT2D eigenvalue weighted by Crippen LogP contribution is -2.01. The van der Waals surface area contributed by atoms with Crippen LogP contribution < -0.4 is 0 Å². The first kappa shape index (κ1) is 12.0. The van der Waals surface area contributed by atoms with Crippen LogP contribution in [0.2, 0.25) is 5.02 Å². The van der Waals surface area contributed by atoms with Gasteiger partial charge in [-0.3, -0.25) is 4.79 Å². The second-order valence-electron chi connectivity index (χ2n) is 3.30.